The van der Waals surface area contributed by atoms with Gasteiger partial charge in [-0.05, 0) is 48.8 Å². The molecule has 6 rings (SSSR count). The normalized spacial score (nSPS) is 40.2. The zero-order valence-corrected chi connectivity index (χ0v) is 16.5. The van der Waals surface area contributed by atoms with Crippen molar-refractivity contribution in [3.8, 4) is 5.75 Å². The van der Waals surface area contributed by atoms with Crippen LogP contribution in [0.15, 0.2) is 34.1 Å². The Balaban J connectivity index is 1.56. The number of aromatic nitrogens is 1. The number of fused-ring (bicyclic) bond motifs is 9. The number of nitrogens with one attached hydrogen (secondary N) is 1. The largest absolute Gasteiger partial charge is 0.508 e. The van der Waals surface area contributed by atoms with Crippen LogP contribution in [-0.2, 0) is 14.3 Å². The zero-order chi connectivity index (χ0) is 19.4. The van der Waals surface area contributed by atoms with E-state index >= 15 is 0 Å². The van der Waals surface area contributed by atoms with Gasteiger partial charge in [0.2, 0.25) is 0 Å². The number of thioether (sulfide) groups is 1. The van der Waals surface area contributed by atoms with Crippen molar-refractivity contribution >= 4 is 35.0 Å². The summed E-state index contributed by atoms with van der Waals surface area (Å²) in [5, 5.41) is 10.6. The summed E-state index contributed by atoms with van der Waals surface area (Å²) in [6.45, 7) is 2.17. The van der Waals surface area contributed by atoms with Crippen molar-refractivity contribution in [2.24, 2.45) is 29.6 Å². The molecule has 144 valence electrons. The van der Waals surface area contributed by atoms with Crippen LogP contribution in [0, 0.1) is 29.6 Å². The fourth-order valence-corrected chi connectivity index (χ4v) is 9.23. The van der Waals surface area contributed by atoms with Gasteiger partial charge in [-0.2, -0.15) is 0 Å². The third kappa shape index (κ3) is 1.92. The van der Waals surface area contributed by atoms with Crippen LogP contribution >= 0.6 is 23.1 Å². The van der Waals surface area contributed by atoms with Crippen LogP contribution < -0.4 is 4.87 Å². The molecule has 0 unspecified atom stereocenters. The summed E-state index contributed by atoms with van der Waals surface area (Å²) in [5.74, 6) is -1.14. The topological polar surface area (TPSA) is 96.5 Å². The summed E-state index contributed by atoms with van der Waals surface area (Å²) in [7, 11) is 0. The minimum atomic E-state index is -0.382. The Morgan fingerprint density at radius 3 is 2.61 bits per heavy atom. The standard InChI is InChI=1S/C20H17NO5S2/c1-20-10-6-9(12-13(10)18(24)26-17(12)23)14(20)11(7-2-4-8(22)5-3-7)15-16(28-20)21-19(25)27-15/h2-5,9-14,22H,6H2,1H3,(H,21,25)/t9-,10+,11+,12-,13-,14-,20-/m1/s1. The van der Waals surface area contributed by atoms with Crippen molar-refractivity contribution < 1.29 is 19.4 Å². The number of aromatic hydroxyl groups is 1. The number of rotatable bonds is 1. The van der Waals surface area contributed by atoms with Crippen molar-refractivity contribution in [2.75, 3.05) is 0 Å². The van der Waals surface area contributed by atoms with Crippen LogP contribution in [0.4, 0.5) is 0 Å². The van der Waals surface area contributed by atoms with E-state index in [1.807, 2.05) is 12.1 Å². The lowest BCUT2D eigenvalue weighted by molar-refractivity contribution is -0.154. The highest BCUT2D eigenvalue weighted by Crippen LogP contribution is 2.73. The number of cyclic esters (lactones) is 2. The number of aromatic amines is 1. The van der Waals surface area contributed by atoms with Gasteiger partial charge in [-0.1, -0.05) is 23.5 Å². The van der Waals surface area contributed by atoms with E-state index in [2.05, 4.69) is 11.9 Å². The van der Waals surface area contributed by atoms with Crippen LogP contribution in [0.3, 0.4) is 0 Å². The van der Waals surface area contributed by atoms with Crippen molar-refractivity contribution in [3.05, 3.63) is 44.4 Å². The summed E-state index contributed by atoms with van der Waals surface area (Å²) in [4.78, 5) is 40.9. The van der Waals surface area contributed by atoms with Gasteiger partial charge >= 0.3 is 16.8 Å². The first-order valence-electron chi connectivity index (χ1n) is 9.35. The van der Waals surface area contributed by atoms with E-state index in [0.29, 0.717) is 0 Å². The van der Waals surface area contributed by atoms with Gasteiger partial charge in [0.05, 0.1) is 16.9 Å². The molecule has 6 nitrogen and oxygen atoms in total. The quantitative estimate of drug-likeness (QED) is 0.549. The molecule has 28 heavy (non-hydrogen) atoms. The van der Waals surface area contributed by atoms with E-state index in [0.717, 1.165) is 21.9 Å². The van der Waals surface area contributed by atoms with E-state index in [-0.39, 0.29) is 62.8 Å². The summed E-state index contributed by atoms with van der Waals surface area (Å²) in [6, 6.07) is 7.11. The number of hydrogen-bond donors (Lipinski definition) is 2. The Morgan fingerprint density at radius 1 is 1.14 bits per heavy atom. The third-order valence-electron chi connectivity index (χ3n) is 7.27. The van der Waals surface area contributed by atoms with Gasteiger partial charge in [0.1, 0.15) is 5.75 Å². The van der Waals surface area contributed by atoms with Crippen molar-refractivity contribution in [2.45, 2.75) is 29.0 Å². The maximum absolute atomic E-state index is 12.4. The molecule has 0 spiro atoms. The van der Waals surface area contributed by atoms with Crippen molar-refractivity contribution in [3.63, 3.8) is 0 Å². The smallest absolute Gasteiger partial charge is 0.317 e. The number of phenolic OH excluding ortho intramolecular Hbond substituents is 1. The highest BCUT2D eigenvalue weighted by atomic mass is 32.2. The summed E-state index contributed by atoms with van der Waals surface area (Å²) in [5.41, 5.74) is 1.02. The first-order chi connectivity index (χ1) is 13.4. The van der Waals surface area contributed by atoms with Crippen molar-refractivity contribution in [1.82, 2.24) is 4.98 Å². The molecule has 2 aliphatic heterocycles. The molecule has 1 aromatic carbocycles. The van der Waals surface area contributed by atoms with Crippen LogP contribution in [0.2, 0.25) is 0 Å². The van der Waals surface area contributed by atoms with Gasteiger partial charge in [-0.3, -0.25) is 14.4 Å². The number of ether oxygens (including phenoxy) is 1. The molecule has 4 aliphatic rings. The molecule has 2 bridgehead atoms. The number of benzene rings is 1. The lowest BCUT2D eigenvalue weighted by Gasteiger charge is -2.49. The molecule has 3 fully saturated rings. The predicted molar refractivity (Wildman–Crippen MR) is 102 cm³/mol. The lowest BCUT2D eigenvalue weighted by Crippen LogP contribution is -2.50. The van der Waals surface area contributed by atoms with Gasteiger partial charge in [0.15, 0.2) is 0 Å². The van der Waals surface area contributed by atoms with E-state index in [9.17, 15) is 19.5 Å². The van der Waals surface area contributed by atoms with Crippen LogP contribution in [0.1, 0.15) is 29.7 Å². The molecule has 3 heterocycles. The Labute approximate surface area is 168 Å². The molecule has 1 aromatic heterocycles. The third-order valence-corrected chi connectivity index (χ3v) is 9.91. The summed E-state index contributed by atoms with van der Waals surface area (Å²) in [6.07, 6.45) is 0.831. The van der Waals surface area contributed by atoms with Crippen molar-refractivity contribution in [1.29, 1.82) is 0 Å². The fourth-order valence-electron chi connectivity index (χ4n) is 6.36. The molecule has 1 saturated heterocycles. The van der Waals surface area contributed by atoms with Crippen LogP contribution in [-0.4, -0.2) is 26.8 Å². The molecule has 2 aromatic rings. The number of thiazole rings is 1. The molecule has 2 aliphatic carbocycles. The Kier molecular flexibility index (Phi) is 3.19. The fraction of sp³-hybridized carbons (Fsp3) is 0.450. The number of hydrogen-bond acceptors (Lipinski definition) is 7. The Hall–Kier alpha value is -2.06. The highest BCUT2D eigenvalue weighted by molar-refractivity contribution is 8.00. The van der Waals surface area contributed by atoms with Gasteiger partial charge in [0.25, 0.3) is 0 Å². The minimum absolute atomic E-state index is 0.0487. The molecule has 2 N–H and O–H groups in total. The highest BCUT2D eigenvalue weighted by Gasteiger charge is 2.73. The maximum atomic E-state index is 12.4. The molecular weight excluding hydrogens is 398 g/mol. The van der Waals surface area contributed by atoms with E-state index < -0.39 is 0 Å². The number of carbonyl (C=O) groups is 2. The van der Waals surface area contributed by atoms with Crippen LogP contribution in [0.5, 0.6) is 5.75 Å². The molecule has 0 radical (unpaired) electrons. The number of H-pyrrole nitrogens is 1. The monoisotopic (exact) mass is 415 g/mol. The summed E-state index contributed by atoms with van der Waals surface area (Å²) >= 11 is 2.88. The van der Waals surface area contributed by atoms with Gasteiger partial charge < -0.3 is 14.8 Å². The first kappa shape index (κ1) is 16.9. The Bertz CT molecular complexity index is 1090. The number of esters is 2. The Morgan fingerprint density at radius 2 is 1.86 bits per heavy atom. The van der Waals surface area contributed by atoms with E-state index in [4.69, 9.17) is 4.74 Å². The zero-order valence-electron chi connectivity index (χ0n) is 14.9. The second-order valence-corrected chi connectivity index (χ2v) is 10.9. The average Bonchev–Trinajstić information content (AvgIpc) is 3.34. The SMILES string of the molecule is C[C@]12Sc3[nH]c(=O)sc3[C@@H](c3ccc(O)cc3)[C@H]1[C@@H]1C[C@H]2[C@H]2C(=O)OC(=O)[C@H]12. The number of phenols is 1. The second-order valence-electron chi connectivity index (χ2n) is 8.39. The second kappa shape index (κ2) is 5.30. The molecule has 8 heteroatoms. The number of carbonyl (C=O) groups excluding carboxylic acids is 2. The van der Waals surface area contributed by atoms with Gasteiger partial charge in [-0.25, -0.2) is 0 Å². The van der Waals surface area contributed by atoms with E-state index in [1.54, 1.807) is 23.9 Å². The van der Waals surface area contributed by atoms with Gasteiger partial charge in [-0.15, -0.1) is 11.8 Å². The lowest BCUT2D eigenvalue weighted by atomic mass is 9.63. The van der Waals surface area contributed by atoms with E-state index in [1.165, 1.54) is 11.3 Å². The van der Waals surface area contributed by atoms with Gasteiger partial charge in [0, 0.05) is 15.5 Å². The first-order valence-corrected chi connectivity index (χ1v) is 11.0. The summed E-state index contributed by atoms with van der Waals surface area (Å²) < 4.78 is 4.75. The molecule has 7 atom stereocenters. The maximum Gasteiger partial charge on any atom is 0.317 e. The molecule has 0 amide bonds. The molecular formula is C20H17NO5S2. The predicted octanol–water partition coefficient (Wildman–Crippen LogP) is 2.72. The minimum Gasteiger partial charge on any atom is -0.508 e. The average molecular weight is 415 g/mol. The molecule has 2 saturated carbocycles. The van der Waals surface area contributed by atoms with Crippen LogP contribution in [0.25, 0.3) is 0 Å².